The summed E-state index contributed by atoms with van der Waals surface area (Å²) in [5, 5.41) is 0. The molecule has 0 amide bonds. The lowest BCUT2D eigenvalue weighted by Crippen LogP contribution is -2.39. The molecule has 140 valence electrons. The van der Waals surface area contributed by atoms with Crippen LogP contribution >= 0.6 is 0 Å². The third kappa shape index (κ3) is 5.38. The van der Waals surface area contributed by atoms with Gasteiger partial charge in [0, 0.05) is 19.6 Å². The van der Waals surface area contributed by atoms with E-state index < -0.39 is 10.0 Å². The monoisotopic (exact) mass is 374 g/mol. The number of rotatable bonds is 8. The van der Waals surface area contributed by atoms with Gasteiger partial charge in [0.15, 0.2) is 0 Å². The van der Waals surface area contributed by atoms with Gasteiger partial charge in [-0.3, -0.25) is 4.90 Å². The minimum atomic E-state index is -3.39. The average molecular weight is 375 g/mol. The Morgan fingerprint density at radius 3 is 2.42 bits per heavy atom. The summed E-state index contributed by atoms with van der Waals surface area (Å²) in [5.41, 5.74) is 1.22. The molecule has 5 nitrogen and oxygen atoms in total. The van der Waals surface area contributed by atoms with Crippen molar-refractivity contribution in [2.24, 2.45) is 0 Å². The Labute approximate surface area is 156 Å². The molecule has 1 saturated heterocycles. The van der Waals surface area contributed by atoms with Crippen molar-refractivity contribution < 1.29 is 13.2 Å². The van der Waals surface area contributed by atoms with E-state index in [9.17, 15) is 8.42 Å². The predicted octanol–water partition coefficient (Wildman–Crippen LogP) is 2.82. The Bertz CT molecular complexity index is 766. The molecular weight excluding hydrogens is 348 g/mol. The van der Waals surface area contributed by atoms with Crippen LogP contribution in [0.15, 0.2) is 65.6 Å². The maximum absolute atomic E-state index is 12.2. The van der Waals surface area contributed by atoms with E-state index in [4.69, 9.17) is 4.74 Å². The third-order valence-electron chi connectivity index (χ3n) is 4.57. The maximum atomic E-state index is 12.2. The third-order valence-corrected chi connectivity index (χ3v) is 6.05. The van der Waals surface area contributed by atoms with Crippen molar-refractivity contribution >= 4 is 10.0 Å². The fraction of sp³-hybridized carbons (Fsp3) is 0.400. The first-order valence-corrected chi connectivity index (χ1v) is 10.6. The highest BCUT2D eigenvalue weighted by molar-refractivity contribution is 7.89. The predicted molar refractivity (Wildman–Crippen MR) is 102 cm³/mol. The van der Waals surface area contributed by atoms with Gasteiger partial charge < -0.3 is 4.74 Å². The van der Waals surface area contributed by atoms with Gasteiger partial charge in [-0.15, -0.1) is 0 Å². The largest absolute Gasteiger partial charge is 0.371 e. The quantitative estimate of drug-likeness (QED) is 0.722. The first-order valence-electron chi connectivity index (χ1n) is 9.09. The molecule has 1 unspecified atom stereocenters. The van der Waals surface area contributed by atoms with E-state index in [1.165, 1.54) is 5.56 Å². The second-order valence-electron chi connectivity index (χ2n) is 6.49. The molecule has 2 aromatic carbocycles. The summed E-state index contributed by atoms with van der Waals surface area (Å²) in [6.45, 7) is 3.97. The summed E-state index contributed by atoms with van der Waals surface area (Å²) in [7, 11) is -3.39. The van der Waals surface area contributed by atoms with E-state index >= 15 is 0 Å². The lowest BCUT2D eigenvalue weighted by Gasteiger charge is -2.33. The number of nitrogens with zero attached hydrogens (tertiary/aromatic N) is 1. The standard InChI is InChI=1S/C20H26N2O3S/c23-26(24,19-11-5-2-6-12-19)21-13-7-8-14-22-15-16-25-20(17-22)18-9-3-1-4-10-18/h1-6,9-12,20-21H,7-8,13-17H2. The minimum absolute atomic E-state index is 0.126. The van der Waals surface area contributed by atoms with Crippen molar-refractivity contribution in [3.8, 4) is 0 Å². The van der Waals surface area contributed by atoms with Crippen LogP contribution < -0.4 is 4.72 Å². The number of morpholine rings is 1. The van der Waals surface area contributed by atoms with E-state index in [0.29, 0.717) is 11.4 Å². The van der Waals surface area contributed by atoms with Gasteiger partial charge in [0.2, 0.25) is 10.0 Å². The molecule has 1 aliphatic rings. The molecule has 0 bridgehead atoms. The fourth-order valence-electron chi connectivity index (χ4n) is 3.12. The Morgan fingerprint density at radius 1 is 1.00 bits per heavy atom. The topological polar surface area (TPSA) is 58.6 Å². The van der Waals surface area contributed by atoms with Crippen molar-refractivity contribution in [2.45, 2.75) is 23.8 Å². The summed E-state index contributed by atoms with van der Waals surface area (Å²) >= 11 is 0. The van der Waals surface area contributed by atoms with Crippen LogP contribution in [0.1, 0.15) is 24.5 Å². The van der Waals surface area contributed by atoms with Crippen LogP contribution in [0.25, 0.3) is 0 Å². The smallest absolute Gasteiger partial charge is 0.240 e. The lowest BCUT2D eigenvalue weighted by molar-refractivity contribution is -0.0303. The van der Waals surface area contributed by atoms with Crippen LogP contribution in [-0.2, 0) is 14.8 Å². The first kappa shape index (κ1) is 19.0. The second-order valence-corrected chi connectivity index (χ2v) is 8.26. The summed E-state index contributed by atoms with van der Waals surface area (Å²) in [6.07, 6.45) is 1.90. The molecule has 1 N–H and O–H groups in total. The van der Waals surface area contributed by atoms with E-state index in [1.807, 2.05) is 24.3 Å². The van der Waals surface area contributed by atoms with Gasteiger partial charge in [0.1, 0.15) is 0 Å². The number of nitrogens with one attached hydrogen (secondary N) is 1. The SMILES string of the molecule is O=S(=O)(NCCCCN1CCOC(c2ccccc2)C1)c1ccccc1. The highest BCUT2D eigenvalue weighted by Crippen LogP contribution is 2.22. The van der Waals surface area contributed by atoms with Crippen LogP contribution in [0.5, 0.6) is 0 Å². The summed E-state index contributed by atoms with van der Waals surface area (Å²) in [6, 6.07) is 18.8. The van der Waals surface area contributed by atoms with E-state index in [1.54, 1.807) is 24.3 Å². The van der Waals surface area contributed by atoms with Crippen LogP contribution in [0.4, 0.5) is 0 Å². The number of benzene rings is 2. The van der Waals surface area contributed by atoms with E-state index in [-0.39, 0.29) is 6.10 Å². The van der Waals surface area contributed by atoms with Gasteiger partial charge in [0.25, 0.3) is 0 Å². The fourth-order valence-corrected chi connectivity index (χ4v) is 4.22. The first-order chi connectivity index (χ1) is 12.6. The molecule has 0 saturated carbocycles. The van der Waals surface area contributed by atoms with Crippen molar-refractivity contribution in [1.82, 2.24) is 9.62 Å². The maximum Gasteiger partial charge on any atom is 0.240 e. The van der Waals surface area contributed by atoms with Crippen LogP contribution in [-0.4, -0.2) is 46.1 Å². The molecule has 0 aliphatic carbocycles. The van der Waals surface area contributed by atoms with E-state index in [0.717, 1.165) is 39.1 Å². The number of sulfonamides is 1. The Morgan fingerprint density at radius 2 is 1.69 bits per heavy atom. The lowest BCUT2D eigenvalue weighted by atomic mass is 10.1. The molecule has 26 heavy (non-hydrogen) atoms. The van der Waals surface area contributed by atoms with Crippen LogP contribution in [0.3, 0.4) is 0 Å². The van der Waals surface area contributed by atoms with Gasteiger partial charge in [-0.25, -0.2) is 13.1 Å². The molecule has 6 heteroatoms. The van der Waals surface area contributed by atoms with Crippen LogP contribution in [0.2, 0.25) is 0 Å². The van der Waals surface area contributed by atoms with Gasteiger partial charge in [0.05, 0.1) is 17.6 Å². The average Bonchev–Trinajstić information content (AvgIpc) is 2.69. The highest BCUT2D eigenvalue weighted by Gasteiger charge is 2.21. The van der Waals surface area contributed by atoms with Crippen LogP contribution in [0, 0.1) is 0 Å². The van der Waals surface area contributed by atoms with Crippen molar-refractivity contribution in [1.29, 1.82) is 0 Å². The number of hydrogen-bond donors (Lipinski definition) is 1. The molecule has 1 heterocycles. The van der Waals surface area contributed by atoms with Gasteiger partial charge in [-0.1, -0.05) is 48.5 Å². The van der Waals surface area contributed by atoms with Crippen molar-refractivity contribution in [2.75, 3.05) is 32.8 Å². The molecule has 0 spiro atoms. The molecule has 1 aliphatic heterocycles. The number of ether oxygens (including phenoxy) is 1. The molecule has 3 rings (SSSR count). The molecule has 0 radical (unpaired) electrons. The summed E-state index contributed by atoms with van der Waals surface area (Å²) in [5.74, 6) is 0. The molecular formula is C20H26N2O3S. The number of hydrogen-bond acceptors (Lipinski definition) is 4. The van der Waals surface area contributed by atoms with Crippen molar-refractivity contribution in [3.05, 3.63) is 66.2 Å². The molecule has 1 fully saturated rings. The van der Waals surface area contributed by atoms with Crippen molar-refractivity contribution in [3.63, 3.8) is 0 Å². The summed E-state index contributed by atoms with van der Waals surface area (Å²) in [4.78, 5) is 2.71. The molecule has 2 aromatic rings. The number of unbranched alkanes of at least 4 members (excludes halogenated alkanes) is 1. The molecule has 1 atom stereocenters. The molecule has 0 aromatic heterocycles. The Hall–Kier alpha value is -1.73. The normalized spacial score (nSPS) is 18.7. The van der Waals surface area contributed by atoms with Gasteiger partial charge in [-0.2, -0.15) is 0 Å². The van der Waals surface area contributed by atoms with E-state index in [2.05, 4.69) is 21.8 Å². The zero-order valence-electron chi connectivity index (χ0n) is 14.9. The zero-order valence-corrected chi connectivity index (χ0v) is 15.7. The van der Waals surface area contributed by atoms with Gasteiger partial charge >= 0.3 is 0 Å². The van der Waals surface area contributed by atoms with Gasteiger partial charge in [-0.05, 0) is 37.1 Å². The highest BCUT2D eigenvalue weighted by atomic mass is 32.2. The minimum Gasteiger partial charge on any atom is -0.371 e. The second kappa shape index (κ2) is 9.28. The zero-order chi connectivity index (χ0) is 18.2. The Kier molecular flexibility index (Phi) is 6.80. The summed E-state index contributed by atoms with van der Waals surface area (Å²) < 4.78 is 32.9. The Balaban J connectivity index is 1.38.